The second-order valence-electron chi connectivity index (χ2n) is 6.50. The highest BCUT2D eigenvalue weighted by atomic mass is 19.1. The Kier molecular flexibility index (Phi) is 5.35. The van der Waals surface area contributed by atoms with Crippen molar-refractivity contribution in [3.8, 4) is 0 Å². The minimum atomic E-state index is -0.628. The molecule has 1 saturated carbocycles. The Balaban J connectivity index is 1.99. The Hall–Kier alpha value is -2.70. The minimum Gasteiger partial charge on any atom is -0.387 e. The van der Waals surface area contributed by atoms with E-state index in [1.54, 1.807) is 7.05 Å². The highest BCUT2D eigenvalue weighted by molar-refractivity contribution is 6.09. The number of fused-ring (bicyclic) bond motifs is 1. The first-order chi connectivity index (χ1) is 12.5. The summed E-state index contributed by atoms with van der Waals surface area (Å²) in [7, 11) is 1.69. The average molecular weight is 358 g/mol. The lowest BCUT2D eigenvalue weighted by Gasteiger charge is -2.13. The molecule has 26 heavy (non-hydrogen) atoms. The van der Waals surface area contributed by atoms with Gasteiger partial charge in [0.05, 0.1) is 22.3 Å². The molecule has 0 aliphatic heterocycles. The molecule has 0 saturated heterocycles. The number of hydrogen-bond acceptors (Lipinski definition) is 4. The van der Waals surface area contributed by atoms with Gasteiger partial charge in [-0.05, 0) is 25.3 Å². The zero-order valence-corrected chi connectivity index (χ0v) is 15.0. The largest absolute Gasteiger partial charge is 0.387 e. The molecule has 2 amide bonds. The summed E-state index contributed by atoms with van der Waals surface area (Å²) >= 11 is 0. The van der Waals surface area contributed by atoms with E-state index in [0.717, 1.165) is 25.7 Å². The predicted molar refractivity (Wildman–Crippen MR) is 99.0 cm³/mol. The fraction of sp³-hybridized carbons (Fsp3) is 0.421. The molecule has 1 aliphatic rings. The molecule has 7 heteroatoms. The molecule has 1 aliphatic carbocycles. The van der Waals surface area contributed by atoms with Crippen LogP contribution in [0.1, 0.15) is 53.3 Å². The molecule has 0 bridgehead atoms. The van der Waals surface area contributed by atoms with Crippen molar-refractivity contribution in [1.29, 1.82) is 0 Å². The monoisotopic (exact) mass is 358 g/mol. The third-order valence-electron chi connectivity index (χ3n) is 4.42. The number of halogens is 1. The number of hydrogen-bond donors (Lipinski definition) is 3. The van der Waals surface area contributed by atoms with Crippen molar-refractivity contribution in [2.75, 3.05) is 18.9 Å². The third-order valence-corrected chi connectivity index (χ3v) is 4.42. The van der Waals surface area contributed by atoms with Gasteiger partial charge in [0.15, 0.2) is 0 Å². The molecule has 0 unspecified atom stereocenters. The Labute approximate surface area is 151 Å². The van der Waals surface area contributed by atoms with Crippen LogP contribution in [0.3, 0.4) is 0 Å². The lowest BCUT2D eigenvalue weighted by atomic mass is 10.0. The highest BCUT2D eigenvalue weighted by Gasteiger charge is 2.26. The summed E-state index contributed by atoms with van der Waals surface area (Å²) in [4.78, 5) is 28.9. The van der Waals surface area contributed by atoms with Gasteiger partial charge in [0.25, 0.3) is 11.8 Å². The van der Waals surface area contributed by atoms with Gasteiger partial charge in [0.1, 0.15) is 5.82 Å². The predicted octanol–water partition coefficient (Wildman–Crippen LogP) is 2.84. The molecule has 6 nitrogen and oxygen atoms in total. The molecule has 1 aromatic carbocycles. The topological polar surface area (TPSA) is 83.1 Å². The van der Waals surface area contributed by atoms with Crippen molar-refractivity contribution >= 4 is 28.4 Å². The molecule has 138 valence electrons. The van der Waals surface area contributed by atoms with Crippen LogP contribution in [0.25, 0.3) is 10.9 Å². The van der Waals surface area contributed by atoms with E-state index >= 15 is 0 Å². The van der Waals surface area contributed by atoms with Crippen LogP contribution in [0, 0.1) is 5.82 Å². The number of pyridine rings is 1. The fourth-order valence-electron chi connectivity index (χ4n) is 2.79. The van der Waals surface area contributed by atoms with E-state index in [1.807, 2.05) is 6.92 Å². The zero-order chi connectivity index (χ0) is 18.7. The normalized spacial score (nSPS) is 13.5. The van der Waals surface area contributed by atoms with E-state index in [4.69, 9.17) is 0 Å². The molecule has 0 spiro atoms. The van der Waals surface area contributed by atoms with E-state index in [-0.39, 0.29) is 17.5 Å². The van der Waals surface area contributed by atoms with Crippen LogP contribution in [0.4, 0.5) is 10.1 Å². The first kappa shape index (κ1) is 18.1. The number of nitrogens with zero attached hydrogens (tertiary/aromatic N) is 1. The Morgan fingerprint density at radius 1 is 1.23 bits per heavy atom. The van der Waals surface area contributed by atoms with Crippen LogP contribution >= 0.6 is 0 Å². The number of anilines is 1. The van der Waals surface area contributed by atoms with Crippen LogP contribution in [-0.2, 0) is 0 Å². The molecule has 1 heterocycles. The van der Waals surface area contributed by atoms with E-state index in [2.05, 4.69) is 20.9 Å². The molecular formula is C19H23FN4O2. The van der Waals surface area contributed by atoms with Crippen LogP contribution in [0.5, 0.6) is 0 Å². The minimum absolute atomic E-state index is 0.0494. The first-order valence-corrected chi connectivity index (χ1v) is 8.94. The summed E-state index contributed by atoms with van der Waals surface area (Å²) in [5, 5.41) is 9.17. The second-order valence-corrected chi connectivity index (χ2v) is 6.50. The van der Waals surface area contributed by atoms with Crippen molar-refractivity contribution in [3.63, 3.8) is 0 Å². The van der Waals surface area contributed by atoms with E-state index in [1.165, 1.54) is 18.3 Å². The Morgan fingerprint density at radius 2 is 2.00 bits per heavy atom. The van der Waals surface area contributed by atoms with Crippen LogP contribution in [0.15, 0.2) is 18.3 Å². The Bertz CT molecular complexity index is 849. The summed E-state index contributed by atoms with van der Waals surface area (Å²) in [5.74, 6) is -1.31. The third kappa shape index (κ3) is 3.76. The molecule has 3 N–H and O–H groups in total. The van der Waals surface area contributed by atoms with Gasteiger partial charge >= 0.3 is 0 Å². The van der Waals surface area contributed by atoms with Gasteiger partial charge in [-0.15, -0.1) is 0 Å². The number of aromatic nitrogens is 1. The molecule has 0 radical (unpaired) electrons. The van der Waals surface area contributed by atoms with Gasteiger partial charge in [-0.1, -0.05) is 13.3 Å². The van der Waals surface area contributed by atoms with Gasteiger partial charge in [-0.25, -0.2) is 4.39 Å². The summed E-state index contributed by atoms with van der Waals surface area (Å²) in [6, 6.07) is 2.91. The summed E-state index contributed by atoms with van der Waals surface area (Å²) in [6.45, 7) is 2.51. The van der Waals surface area contributed by atoms with Gasteiger partial charge in [-0.2, -0.15) is 0 Å². The first-order valence-electron chi connectivity index (χ1n) is 8.94. The number of amides is 2. The van der Waals surface area contributed by atoms with Gasteiger partial charge in [0.2, 0.25) is 0 Å². The quantitative estimate of drug-likeness (QED) is 0.665. The summed E-state index contributed by atoms with van der Waals surface area (Å²) < 4.78 is 14.4. The Morgan fingerprint density at radius 3 is 2.65 bits per heavy atom. The molecular weight excluding hydrogens is 335 g/mol. The molecule has 3 rings (SSSR count). The van der Waals surface area contributed by atoms with E-state index in [0.29, 0.717) is 28.7 Å². The SMILES string of the molecule is CCCCNC(=O)c1cc2c(NC)c(C(=O)NC3CC3)cnc2cc1F. The maximum absolute atomic E-state index is 14.4. The van der Waals surface area contributed by atoms with Crippen molar-refractivity contribution in [1.82, 2.24) is 15.6 Å². The smallest absolute Gasteiger partial charge is 0.255 e. The highest BCUT2D eigenvalue weighted by Crippen LogP contribution is 2.29. The number of benzene rings is 1. The van der Waals surface area contributed by atoms with E-state index in [9.17, 15) is 14.0 Å². The standard InChI is InChI=1S/C19H23FN4O2/c1-3-4-7-22-18(25)12-8-13-16(9-15(12)20)23-10-14(17(13)21-2)19(26)24-11-5-6-11/h8-11H,3-7H2,1-2H3,(H,21,23)(H,22,25)(H,24,26). The fourth-order valence-corrected chi connectivity index (χ4v) is 2.79. The van der Waals surface area contributed by atoms with Gasteiger partial charge in [0, 0.05) is 37.3 Å². The summed E-state index contributed by atoms with van der Waals surface area (Å²) in [6.07, 6.45) is 5.17. The second kappa shape index (κ2) is 7.68. The lowest BCUT2D eigenvalue weighted by Crippen LogP contribution is -2.27. The summed E-state index contributed by atoms with van der Waals surface area (Å²) in [5.41, 5.74) is 1.26. The maximum atomic E-state index is 14.4. The average Bonchev–Trinajstić information content (AvgIpc) is 3.44. The van der Waals surface area contributed by atoms with Crippen molar-refractivity contribution in [2.24, 2.45) is 0 Å². The number of rotatable bonds is 7. The van der Waals surface area contributed by atoms with Crippen molar-refractivity contribution in [3.05, 3.63) is 35.3 Å². The molecule has 2 aromatic rings. The molecule has 1 fully saturated rings. The van der Waals surface area contributed by atoms with Crippen LogP contribution in [0.2, 0.25) is 0 Å². The van der Waals surface area contributed by atoms with Crippen molar-refractivity contribution in [2.45, 2.75) is 38.6 Å². The van der Waals surface area contributed by atoms with Crippen LogP contribution < -0.4 is 16.0 Å². The number of nitrogens with one attached hydrogen (secondary N) is 3. The number of carbonyl (C=O) groups excluding carboxylic acids is 2. The zero-order valence-electron chi connectivity index (χ0n) is 15.0. The van der Waals surface area contributed by atoms with Crippen LogP contribution in [-0.4, -0.2) is 36.4 Å². The maximum Gasteiger partial charge on any atom is 0.255 e. The van der Waals surface area contributed by atoms with Gasteiger partial charge < -0.3 is 16.0 Å². The van der Waals surface area contributed by atoms with Crippen molar-refractivity contribution < 1.29 is 14.0 Å². The molecule has 0 atom stereocenters. The lowest BCUT2D eigenvalue weighted by molar-refractivity contribution is 0.0942. The van der Waals surface area contributed by atoms with Gasteiger partial charge in [-0.3, -0.25) is 14.6 Å². The molecule has 1 aromatic heterocycles. The number of carbonyl (C=O) groups is 2. The van der Waals surface area contributed by atoms with E-state index < -0.39 is 11.7 Å². The number of unbranched alkanes of at least 4 members (excludes halogenated alkanes) is 1.